The molecule has 0 fully saturated rings. The SMILES string of the molecule is O=C(NC(Cc1ccccc1)C(=O)O)c1ccccc1N1C(=O)c2ccccc2C1=O. The second-order valence-corrected chi connectivity index (χ2v) is 7.06. The van der Waals surface area contributed by atoms with Crippen LogP contribution in [0.5, 0.6) is 0 Å². The maximum atomic E-state index is 13.0. The summed E-state index contributed by atoms with van der Waals surface area (Å²) in [4.78, 5) is 51.3. The molecule has 7 heteroatoms. The zero-order valence-electron chi connectivity index (χ0n) is 16.3. The summed E-state index contributed by atoms with van der Waals surface area (Å²) in [5.41, 5.74) is 1.42. The van der Waals surface area contributed by atoms with Gasteiger partial charge in [-0.3, -0.25) is 14.4 Å². The van der Waals surface area contributed by atoms with Gasteiger partial charge in [0.1, 0.15) is 6.04 Å². The molecule has 0 aliphatic carbocycles. The van der Waals surface area contributed by atoms with Gasteiger partial charge in [0.15, 0.2) is 0 Å². The number of carboxylic acid groups (broad SMARTS) is 1. The molecule has 0 saturated heterocycles. The lowest BCUT2D eigenvalue weighted by Crippen LogP contribution is -2.43. The monoisotopic (exact) mass is 414 g/mol. The van der Waals surface area contributed by atoms with Crippen LogP contribution in [0.2, 0.25) is 0 Å². The van der Waals surface area contributed by atoms with Crippen molar-refractivity contribution in [3.05, 3.63) is 101 Å². The number of nitrogens with one attached hydrogen (secondary N) is 1. The van der Waals surface area contributed by atoms with Gasteiger partial charge in [-0.2, -0.15) is 0 Å². The smallest absolute Gasteiger partial charge is 0.326 e. The molecule has 0 aromatic heterocycles. The molecule has 4 rings (SSSR count). The Morgan fingerprint density at radius 2 is 1.35 bits per heavy atom. The van der Waals surface area contributed by atoms with Gasteiger partial charge < -0.3 is 10.4 Å². The third kappa shape index (κ3) is 3.81. The van der Waals surface area contributed by atoms with Crippen molar-refractivity contribution in [2.45, 2.75) is 12.5 Å². The zero-order valence-corrected chi connectivity index (χ0v) is 16.3. The van der Waals surface area contributed by atoms with E-state index in [1.54, 1.807) is 60.7 Å². The first kappa shape index (κ1) is 20.0. The summed E-state index contributed by atoms with van der Waals surface area (Å²) in [7, 11) is 0. The molecular formula is C24H18N2O5. The number of imide groups is 1. The quantitative estimate of drug-likeness (QED) is 0.604. The van der Waals surface area contributed by atoms with Crippen molar-refractivity contribution in [3.63, 3.8) is 0 Å². The molecule has 31 heavy (non-hydrogen) atoms. The summed E-state index contributed by atoms with van der Waals surface area (Å²) in [5, 5.41) is 12.1. The molecule has 154 valence electrons. The highest BCUT2D eigenvalue weighted by Crippen LogP contribution is 2.30. The number of carbonyl (C=O) groups excluding carboxylic acids is 3. The van der Waals surface area contributed by atoms with Crippen LogP contribution < -0.4 is 10.2 Å². The van der Waals surface area contributed by atoms with Crippen molar-refractivity contribution in [2.24, 2.45) is 0 Å². The van der Waals surface area contributed by atoms with Crippen molar-refractivity contribution in [1.29, 1.82) is 0 Å². The standard InChI is InChI=1S/C24H18N2O5/c27-21(25-19(24(30)31)14-15-8-2-1-3-9-15)18-12-6-7-13-20(18)26-22(28)16-10-4-5-11-17(16)23(26)29/h1-13,19H,14H2,(H,25,27)(H,30,31). The van der Waals surface area contributed by atoms with Gasteiger partial charge in [-0.1, -0.05) is 54.6 Å². The lowest BCUT2D eigenvalue weighted by molar-refractivity contribution is -0.139. The minimum Gasteiger partial charge on any atom is -0.480 e. The van der Waals surface area contributed by atoms with Gasteiger partial charge in [0.25, 0.3) is 17.7 Å². The van der Waals surface area contributed by atoms with Crippen LogP contribution in [-0.4, -0.2) is 34.8 Å². The summed E-state index contributed by atoms with van der Waals surface area (Å²) in [6.07, 6.45) is 0.0943. The fraction of sp³-hybridized carbons (Fsp3) is 0.0833. The number of anilines is 1. The summed E-state index contributed by atoms with van der Waals surface area (Å²) in [5.74, 6) is -2.93. The van der Waals surface area contributed by atoms with Crippen molar-refractivity contribution in [2.75, 3.05) is 4.90 Å². The van der Waals surface area contributed by atoms with Gasteiger partial charge in [-0.15, -0.1) is 0 Å². The number of fused-ring (bicyclic) bond motifs is 1. The number of benzene rings is 3. The molecule has 1 heterocycles. The van der Waals surface area contributed by atoms with E-state index in [1.807, 2.05) is 6.07 Å². The van der Waals surface area contributed by atoms with Crippen molar-refractivity contribution < 1.29 is 24.3 Å². The number of hydrogen-bond acceptors (Lipinski definition) is 4. The maximum Gasteiger partial charge on any atom is 0.326 e. The number of carbonyl (C=O) groups is 4. The first-order valence-electron chi connectivity index (χ1n) is 9.62. The van der Waals surface area contributed by atoms with Crippen LogP contribution in [0.1, 0.15) is 36.6 Å². The van der Waals surface area contributed by atoms with Gasteiger partial charge in [-0.05, 0) is 29.8 Å². The molecule has 1 aliphatic heterocycles. The molecule has 1 atom stereocenters. The number of para-hydroxylation sites is 1. The average molecular weight is 414 g/mol. The number of amides is 3. The van der Waals surface area contributed by atoms with Crippen LogP contribution in [0.15, 0.2) is 78.9 Å². The number of rotatable bonds is 6. The first-order chi connectivity index (χ1) is 15.0. The molecule has 3 aromatic carbocycles. The minimum absolute atomic E-state index is 0.0383. The van der Waals surface area contributed by atoms with E-state index in [4.69, 9.17) is 0 Å². The Balaban J connectivity index is 1.63. The second-order valence-electron chi connectivity index (χ2n) is 7.06. The first-order valence-corrected chi connectivity index (χ1v) is 9.62. The fourth-order valence-corrected chi connectivity index (χ4v) is 3.55. The van der Waals surface area contributed by atoms with Crippen molar-refractivity contribution >= 4 is 29.4 Å². The third-order valence-electron chi connectivity index (χ3n) is 5.07. The highest BCUT2D eigenvalue weighted by atomic mass is 16.4. The average Bonchev–Trinajstić information content (AvgIpc) is 3.04. The van der Waals surface area contributed by atoms with Crippen LogP contribution in [0.25, 0.3) is 0 Å². The van der Waals surface area contributed by atoms with Crippen LogP contribution in [0, 0.1) is 0 Å². The molecule has 3 amide bonds. The normalized spacial score (nSPS) is 13.6. The molecule has 1 unspecified atom stereocenters. The molecule has 0 radical (unpaired) electrons. The lowest BCUT2D eigenvalue weighted by Gasteiger charge is -2.20. The highest BCUT2D eigenvalue weighted by Gasteiger charge is 2.38. The van der Waals surface area contributed by atoms with E-state index in [0.717, 1.165) is 10.5 Å². The van der Waals surface area contributed by atoms with Gasteiger partial charge >= 0.3 is 5.97 Å². The summed E-state index contributed by atoms with van der Waals surface area (Å²) >= 11 is 0. The van der Waals surface area contributed by atoms with Gasteiger partial charge in [0.2, 0.25) is 0 Å². The minimum atomic E-state index is -1.18. The molecule has 0 bridgehead atoms. The molecular weight excluding hydrogens is 396 g/mol. The van der Waals surface area contributed by atoms with Crippen LogP contribution in [-0.2, 0) is 11.2 Å². The van der Waals surface area contributed by atoms with Crippen molar-refractivity contribution in [1.82, 2.24) is 5.32 Å². The summed E-state index contributed by atoms with van der Waals surface area (Å²) in [6, 6.07) is 20.3. The van der Waals surface area contributed by atoms with Crippen LogP contribution >= 0.6 is 0 Å². The number of aliphatic carboxylic acids is 1. The Morgan fingerprint density at radius 1 is 0.806 bits per heavy atom. The molecule has 0 spiro atoms. The molecule has 7 nitrogen and oxygen atoms in total. The highest BCUT2D eigenvalue weighted by molar-refractivity contribution is 6.35. The van der Waals surface area contributed by atoms with Crippen molar-refractivity contribution in [3.8, 4) is 0 Å². The van der Waals surface area contributed by atoms with Gasteiger partial charge in [-0.25, -0.2) is 9.69 Å². The molecule has 3 aromatic rings. The zero-order chi connectivity index (χ0) is 22.0. The summed E-state index contributed by atoms with van der Waals surface area (Å²) < 4.78 is 0. The van der Waals surface area contributed by atoms with E-state index in [-0.39, 0.29) is 28.8 Å². The van der Waals surface area contributed by atoms with Gasteiger partial charge in [0.05, 0.1) is 22.4 Å². The number of nitrogens with zero attached hydrogens (tertiary/aromatic N) is 1. The predicted molar refractivity (Wildman–Crippen MR) is 113 cm³/mol. The summed E-state index contributed by atoms with van der Waals surface area (Å²) in [6.45, 7) is 0. The second kappa shape index (κ2) is 8.23. The molecule has 2 N–H and O–H groups in total. The Labute approximate surface area is 177 Å². The molecule has 0 saturated carbocycles. The largest absolute Gasteiger partial charge is 0.480 e. The Bertz CT molecular complexity index is 1150. The van der Waals surface area contributed by atoms with E-state index >= 15 is 0 Å². The van der Waals surface area contributed by atoms with Gasteiger partial charge in [0, 0.05) is 6.42 Å². The number of hydrogen-bond donors (Lipinski definition) is 2. The molecule has 1 aliphatic rings. The van der Waals surface area contributed by atoms with E-state index in [0.29, 0.717) is 0 Å². The predicted octanol–water partition coefficient (Wildman–Crippen LogP) is 2.91. The Hall–Kier alpha value is -4.26. The van der Waals surface area contributed by atoms with E-state index in [1.165, 1.54) is 12.1 Å². The topological polar surface area (TPSA) is 104 Å². The van der Waals surface area contributed by atoms with E-state index in [9.17, 15) is 24.3 Å². The Morgan fingerprint density at radius 3 is 1.97 bits per heavy atom. The van der Waals surface area contributed by atoms with E-state index < -0.39 is 29.7 Å². The van der Waals surface area contributed by atoms with Crippen LogP contribution in [0.4, 0.5) is 5.69 Å². The maximum absolute atomic E-state index is 13.0. The lowest BCUT2D eigenvalue weighted by atomic mass is 10.0. The van der Waals surface area contributed by atoms with Crippen LogP contribution in [0.3, 0.4) is 0 Å². The van der Waals surface area contributed by atoms with E-state index in [2.05, 4.69) is 5.32 Å². The third-order valence-corrected chi connectivity index (χ3v) is 5.07. The fourth-order valence-electron chi connectivity index (χ4n) is 3.55. The Kier molecular flexibility index (Phi) is 5.32. The number of carboxylic acids is 1.